The molecule has 1 aromatic carbocycles. The van der Waals surface area contributed by atoms with Crippen molar-refractivity contribution in [2.24, 2.45) is 0 Å². The molecule has 0 amide bonds. The summed E-state index contributed by atoms with van der Waals surface area (Å²) in [5, 5.41) is 4.00. The maximum absolute atomic E-state index is 6.07. The van der Waals surface area contributed by atoms with Crippen LogP contribution in [0.25, 0.3) is 0 Å². The van der Waals surface area contributed by atoms with Crippen molar-refractivity contribution in [1.82, 2.24) is 9.97 Å². The van der Waals surface area contributed by atoms with E-state index in [1.807, 2.05) is 6.92 Å². The number of halogens is 3. The van der Waals surface area contributed by atoms with Gasteiger partial charge in [-0.1, -0.05) is 23.2 Å². The molecule has 0 aliphatic rings. The van der Waals surface area contributed by atoms with Crippen LogP contribution in [0.15, 0.2) is 29.0 Å². The summed E-state index contributed by atoms with van der Waals surface area (Å²) in [7, 11) is 0. The van der Waals surface area contributed by atoms with Crippen LogP contribution in [0, 0.1) is 0 Å². The van der Waals surface area contributed by atoms with Crippen molar-refractivity contribution in [1.29, 1.82) is 0 Å². The summed E-state index contributed by atoms with van der Waals surface area (Å²) in [6, 6.07) is 3.29. The summed E-state index contributed by atoms with van der Waals surface area (Å²) in [6.45, 7) is 2.73. The van der Waals surface area contributed by atoms with Crippen molar-refractivity contribution < 1.29 is 4.74 Å². The van der Waals surface area contributed by atoms with E-state index in [0.29, 0.717) is 32.0 Å². The van der Waals surface area contributed by atoms with Gasteiger partial charge in [-0.25, -0.2) is 0 Å². The Morgan fingerprint density at radius 3 is 2.79 bits per heavy atom. The largest absolute Gasteiger partial charge is 0.436 e. The molecule has 0 fully saturated rings. The highest BCUT2D eigenvalue weighted by atomic mass is 79.9. The van der Waals surface area contributed by atoms with Crippen LogP contribution in [0.1, 0.15) is 6.92 Å². The zero-order chi connectivity index (χ0) is 13.8. The molecule has 0 saturated heterocycles. The minimum absolute atomic E-state index is 0.346. The Hall–Kier alpha value is -1.04. The fourth-order valence-electron chi connectivity index (χ4n) is 1.36. The fourth-order valence-corrected chi connectivity index (χ4v) is 2.19. The zero-order valence-electron chi connectivity index (χ0n) is 9.95. The molecule has 0 aliphatic carbocycles. The molecule has 2 rings (SSSR count). The van der Waals surface area contributed by atoms with Gasteiger partial charge in [0.1, 0.15) is 11.6 Å². The Balaban J connectivity index is 2.25. The number of hydrogen-bond donors (Lipinski definition) is 1. The number of nitrogens with zero attached hydrogens (tertiary/aromatic N) is 2. The van der Waals surface area contributed by atoms with E-state index in [1.54, 1.807) is 18.3 Å². The Bertz CT molecular complexity index is 595. The molecule has 0 radical (unpaired) electrons. The van der Waals surface area contributed by atoms with E-state index in [2.05, 4.69) is 31.2 Å². The SMILES string of the molecule is CCNc1cncc(Oc2cc(Cl)c(Br)cc2Cl)n1. The molecule has 100 valence electrons. The predicted octanol–water partition coefficient (Wildman–Crippen LogP) is 4.77. The van der Waals surface area contributed by atoms with Crippen molar-refractivity contribution in [3.63, 3.8) is 0 Å². The van der Waals surface area contributed by atoms with E-state index in [4.69, 9.17) is 27.9 Å². The summed E-state index contributed by atoms with van der Waals surface area (Å²) in [6.07, 6.45) is 3.12. The molecular weight excluding hydrogens is 353 g/mol. The van der Waals surface area contributed by atoms with Gasteiger partial charge in [0, 0.05) is 17.1 Å². The molecule has 7 heteroatoms. The van der Waals surface area contributed by atoms with Gasteiger partial charge in [-0.15, -0.1) is 0 Å². The first-order valence-electron chi connectivity index (χ1n) is 5.48. The first kappa shape index (κ1) is 14.4. The summed E-state index contributed by atoms with van der Waals surface area (Å²) >= 11 is 15.4. The molecule has 0 saturated carbocycles. The van der Waals surface area contributed by atoms with Gasteiger partial charge in [0.05, 0.1) is 22.4 Å². The quantitative estimate of drug-likeness (QED) is 0.795. The Labute approximate surface area is 129 Å². The van der Waals surface area contributed by atoms with Crippen LogP contribution in [-0.2, 0) is 0 Å². The average Bonchev–Trinajstić information content (AvgIpc) is 2.37. The second-order valence-corrected chi connectivity index (χ2v) is 5.24. The van der Waals surface area contributed by atoms with Crippen LogP contribution in [0.3, 0.4) is 0 Å². The average molecular weight is 363 g/mol. The molecule has 0 atom stereocenters. The molecule has 0 aliphatic heterocycles. The second-order valence-electron chi connectivity index (χ2n) is 3.57. The summed E-state index contributed by atoms with van der Waals surface area (Å²) in [4.78, 5) is 8.28. The molecule has 1 aromatic heterocycles. The van der Waals surface area contributed by atoms with Crippen molar-refractivity contribution in [3.8, 4) is 11.6 Å². The van der Waals surface area contributed by atoms with Crippen LogP contribution in [0.2, 0.25) is 10.0 Å². The summed E-state index contributed by atoms with van der Waals surface area (Å²) in [5.74, 6) is 1.41. The van der Waals surface area contributed by atoms with Gasteiger partial charge < -0.3 is 10.1 Å². The minimum Gasteiger partial charge on any atom is -0.436 e. The first-order valence-corrected chi connectivity index (χ1v) is 7.03. The third-order valence-corrected chi connectivity index (χ3v) is 3.65. The third-order valence-electron chi connectivity index (χ3n) is 2.16. The molecule has 1 heterocycles. The number of hydrogen-bond acceptors (Lipinski definition) is 4. The number of aromatic nitrogens is 2. The van der Waals surface area contributed by atoms with Crippen LogP contribution in [-0.4, -0.2) is 16.5 Å². The Morgan fingerprint density at radius 1 is 1.26 bits per heavy atom. The van der Waals surface area contributed by atoms with Crippen LogP contribution < -0.4 is 10.1 Å². The number of ether oxygens (including phenoxy) is 1. The molecule has 4 nitrogen and oxygen atoms in total. The first-order chi connectivity index (χ1) is 9.10. The fraction of sp³-hybridized carbons (Fsp3) is 0.167. The highest BCUT2D eigenvalue weighted by molar-refractivity contribution is 9.10. The van der Waals surface area contributed by atoms with Gasteiger partial charge in [0.15, 0.2) is 0 Å². The molecule has 2 aromatic rings. The molecule has 1 N–H and O–H groups in total. The number of benzene rings is 1. The molecule has 19 heavy (non-hydrogen) atoms. The van der Waals surface area contributed by atoms with Crippen molar-refractivity contribution in [2.75, 3.05) is 11.9 Å². The lowest BCUT2D eigenvalue weighted by Gasteiger charge is -2.09. The van der Waals surface area contributed by atoms with Gasteiger partial charge in [0.25, 0.3) is 0 Å². The van der Waals surface area contributed by atoms with Gasteiger partial charge in [-0.3, -0.25) is 4.98 Å². The van der Waals surface area contributed by atoms with E-state index in [1.165, 1.54) is 6.20 Å². The Kier molecular flexibility index (Phi) is 4.85. The van der Waals surface area contributed by atoms with Crippen LogP contribution in [0.4, 0.5) is 5.82 Å². The maximum Gasteiger partial charge on any atom is 0.239 e. The van der Waals surface area contributed by atoms with Crippen molar-refractivity contribution >= 4 is 44.9 Å². The van der Waals surface area contributed by atoms with Crippen molar-refractivity contribution in [3.05, 3.63) is 39.0 Å². The molecule has 0 unspecified atom stereocenters. The van der Waals surface area contributed by atoms with E-state index in [0.717, 1.165) is 6.54 Å². The van der Waals surface area contributed by atoms with E-state index in [-0.39, 0.29) is 0 Å². The van der Waals surface area contributed by atoms with Crippen molar-refractivity contribution in [2.45, 2.75) is 6.92 Å². The summed E-state index contributed by atoms with van der Waals surface area (Å²) < 4.78 is 6.29. The van der Waals surface area contributed by atoms with Gasteiger partial charge in [-0.05, 0) is 28.9 Å². The lowest BCUT2D eigenvalue weighted by atomic mass is 10.3. The predicted molar refractivity (Wildman–Crippen MR) is 80.4 cm³/mol. The highest BCUT2D eigenvalue weighted by Gasteiger charge is 2.09. The van der Waals surface area contributed by atoms with Gasteiger partial charge in [-0.2, -0.15) is 4.98 Å². The lowest BCUT2D eigenvalue weighted by molar-refractivity contribution is 0.461. The van der Waals surface area contributed by atoms with Gasteiger partial charge in [0.2, 0.25) is 5.88 Å². The number of rotatable bonds is 4. The van der Waals surface area contributed by atoms with Crippen LogP contribution in [0.5, 0.6) is 11.6 Å². The lowest BCUT2D eigenvalue weighted by Crippen LogP contribution is -2.00. The van der Waals surface area contributed by atoms with Crippen LogP contribution >= 0.6 is 39.1 Å². The smallest absolute Gasteiger partial charge is 0.239 e. The normalized spacial score (nSPS) is 10.3. The van der Waals surface area contributed by atoms with E-state index < -0.39 is 0 Å². The molecular formula is C12H10BrCl2N3O. The second kappa shape index (κ2) is 6.41. The number of anilines is 1. The van der Waals surface area contributed by atoms with E-state index in [9.17, 15) is 0 Å². The van der Waals surface area contributed by atoms with Gasteiger partial charge >= 0.3 is 0 Å². The molecule has 0 bridgehead atoms. The minimum atomic E-state index is 0.346. The topological polar surface area (TPSA) is 47.0 Å². The maximum atomic E-state index is 6.07. The summed E-state index contributed by atoms with van der Waals surface area (Å²) in [5.41, 5.74) is 0. The molecule has 0 spiro atoms. The van der Waals surface area contributed by atoms with E-state index >= 15 is 0 Å². The highest BCUT2D eigenvalue weighted by Crippen LogP contribution is 2.36. The third kappa shape index (κ3) is 3.72. The number of nitrogens with one attached hydrogen (secondary N) is 1. The zero-order valence-corrected chi connectivity index (χ0v) is 13.1. The monoisotopic (exact) mass is 361 g/mol. The standard InChI is InChI=1S/C12H10BrCl2N3O/c1-2-17-11-5-16-6-12(18-11)19-10-4-8(14)7(13)3-9(10)15/h3-6H,2H2,1H3,(H,17,18). The Morgan fingerprint density at radius 2 is 2.05 bits per heavy atom.